The predicted molar refractivity (Wildman–Crippen MR) is 128 cm³/mol. The topological polar surface area (TPSA) is 88.2 Å². The normalized spacial score (nSPS) is 14.5. The number of rotatable bonds is 11. The Labute approximate surface area is 196 Å². The van der Waals surface area contributed by atoms with E-state index in [0.29, 0.717) is 23.7 Å². The van der Waals surface area contributed by atoms with Crippen LogP contribution in [0.3, 0.4) is 0 Å². The Bertz CT molecular complexity index is 1010. The van der Waals surface area contributed by atoms with Crippen molar-refractivity contribution in [3.63, 3.8) is 0 Å². The quantitative estimate of drug-likeness (QED) is 0.503. The third kappa shape index (κ3) is 6.61. The van der Waals surface area contributed by atoms with Crippen LogP contribution in [0.2, 0.25) is 0 Å². The molecule has 0 aliphatic carbocycles. The minimum Gasteiger partial charge on any atom is -0.497 e. The summed E-state index contributed by atoms with van der Waals surface area (Å²) in [5.41, 5.74) is 0.305. The summed E-state index contributed by atoms with van der Waals surface area (Å²) in [4.78, 5) is 15.2. The standard InChI is InChI=1S/C24H33N3O5S/c1-31-20-11-13-21(14-12-20)33(29,30)27(22-9-4-5-10-23(22)32-2)19-24(28)25-15-8-18-26-16-6-3-7-17-26/h4-5,9-14H,3,6-8,15-19H2,1-2H3,(H,25,28). The molecular formula is C24H33N3O5S. The van der Waals surface area contributed by atoms with Crippen LogP contribution >= 0.6 is 0 Å². The average Bonchev–Trinajstić information content (AvgIpc) is 2.85. The van der Waals surface area contributed by atoms with Gasteiger partial charge in [-0.2, -0.15) is 0 Å². The Morgan fingerprint density at radius 2 is 1.70 bits per heavy atom. The van der Waals surface area contributed by atoms with Gasteiger partial charge in [-0.3, -0.25) is 9.10 Å². The number of hydrogen-bond donors (Lipinski definition) is 1. The van der Waals surface area contributed by atoms with Crippen LogP contribution in [0.5, 0.6) is 11.5 Å². The van der Waals surface area contributed by atoms with Gasteiger partial charge in [-0.05, 0) is 75.3 Å². The first kappa shape index (κ1) is 24.9. The molecular weight excluding hydrogens is 442 g/mol. The molecule has 1 N–H and O–H groups in total. The highest BCUT2D eigenvalue weighted by Gasteiger charge is 2.29. The van der Waals surface area contributed by atoms with Crippen molar-refractivity contribution in [2.45, 2.75) is 30.6 Å². The number of carbonyl (C=O) groups is 1. The van der Waals surface area contributed by atoms with Gasteiger partial charge in [0.1, 0.15) is 18.0 Å². The lowest BCUT2D eigenvalue weighted by molar-refractivity contribution is -0.119. The van der Waals surface area contributed by atoms with Crippen molar-refractivity contribution >= 4 is 21.6 Å². The van der Waals surface area contributed by atoms with E-state index in [2.05, 4.69) is 10.2 Å². The Balaban J connectivity index is 1.73. The lowest BCUT2D eigenvalue weighted by Gasteiger charge is -2.27. The highest BCUT2D eigenvalue weighted by Crippen LogP contribution is 2.32. The molecule has 0 bridgehead atoms. The van der Waals surface area contributed by atoms with Gasteiger partial charge in [-0.15, -0.1) is 0 Å². The van der Waals surface area contributed by atoms with E-state index in [0.717, 1.165) is 30.4 Å². The summed E-state index contributed by atoms with van der Waals surface area (Å²) in [6.07, 6.45) is 4.56. The van der Waals surface area contributed by atoms with E-state index in [1.807, 2.05) is 0 Å². The molecule has 33 heavy (non-hydrogen) atoms. The maximum absolute atomic E-state index is 13.5. The van der Waals surface area contributed by atoms with Gasteiger partial charge in [0.25, 0.3) is 10.0 Å². The minimum atomic E-state index is -4.03. The van der Waals surface area contributed by atoms with Gasteiger partial charge in [0, 0.05) is 6.54 Å². The number of anilines is 1. The molecule has 0 radical (unpaired) electrons. The van der Waals surface area contributed by atoms with E-state index < -0.39 is 10.0 Å². The first-order chi connectivity index (χ1) is 16.0. The first-order valence-corrected chi connectivity index (χ1v) is 12.7. The molecule has 8 nitrogen and oxygen atoms in total. The molecule has 2 aromatic rings. The Hall–Kier alpha value is -2.78. The second-order valence-corrected chi connectivity index (χ2v) is 9.83. The van der Waals surface area contributed by atoms with E-state index in [1.54, 1.807) is 36.4 Å². The molecule has 1 fully saturated rings. The lowest BCUT2D eigenvalue weighted by atomic mass is 10.1. The summed E-state index contributed by atoms with van der Waals surface area (Å²) in [7, 11) is -1.04. The van der Waals surface area contributed by atoms with Crippen molar-refractivity contribution in [2.75, 3.05) is 51.2 Å². The zero-order valence-corrected chi connectivity index (χ0v) is 20.1. The van der Waals surface area contributed by atoms with Crippen molar-refractivity contribution < 1.29 is 22.7 Å². The monoisotopic (exact) mass is 475 g/mol. The number of piperidine rings is 1. The minimum absolute atomic E-state index is 0.0621. The van der Waals surface area contributed by atoms with Gasteiger partial charge < -0.3 is 19.7 Å². The first-order valence-electron chi connectivity index (χ1n) is 11.2. The van der Waals surface area contributed by atoms with Crippen LogP contribution in [0.15, 0.2) is 53.4 Å². The summed E-state index contributed by atoms with van der Waals surface area (Å²) in [6, 6.07) is 12.8. The van der Waals surface area contributed by atoms with Crippen LogP contribution < -0.4 is 19.1 Å². The summed E-state index contributed by atoms with van der Waals surface area (Å²) in [5, 5.41) is 2.87. The van der Waals surface area contributed by atoms with Gasteiger partial charge in [0.15, 0.2) is 0 Å². The summed E-state index contributed by atoms with van der Waals surface area (Å²) in [5.74, 6) is 0.549. The van der Waals surface area contributed by atoms with Crippen molar-refractivity contribution in [3.05, 3.63) is 48.5 Å². The zero-order valence-electron chi connectivity index (χ0n) is 19.3. The van der Waals surface area contributed by atoms with Gasteiger partial charge in [0.05, 0.1) is 24.8 Å². The highest BCUT2D eigenvalue weighted by atomic mass is 32.2. The van der Waals surface area contributed by atoms with Crippen LogP contribution in [0.1, 0.15) is 25.7 Å². The second kappa shape index (κ2) is 11.9. The maximum atomic E-state index is 13.5. The molecule has 0 atom stereocenters. The molecule has 0 spiro atoms. The molecule has 0 aromatic heterocycles. The predicted octanol–water partition coefficient (Wildman–Crippen LogP) is 2.89. The van der Waals surface area contributed by atoms with Crippen molar-refractivity contribution in [2.24, 2.45) is 0 Å². The number of nitrogens with zero attached hydrogens (tertiary/aromatic N) is 2. The number of ether oxygens (including phenoxy) is 2. The van der Waals surface area contributed by atoms with Crippen molar-refractivity contribution in [1.29, 1.82) is 0 Å². The maximum Gasteiger partial charge on any atom is 0.264 e. The number of benzene rings is 2. The lowest BCUT2D eigenvalue weighted by Crippen LogP contribution is -2.42. The molecule has 1 aliphatic heterocycles. The van der Waals surface area contributed by atoms with Gasteiger partial charge in [-0.25, -0.2) is 8.42 Å². The molecule has 1 aliphatic rings. The van der Waals surface area contributed by atoms with E-state index in [-0.39, 0.29) is 17.3 Å². The molecule has 1 amide bonds. The van der Waals surface area contributed by atoms with Crippen molar-refractivity contribution in [1.82, 2.24) is 10.2 Å². The smallest absolute Gasteiger partial charge is 0.264 e. The average molecular weight is 476 g/mol. The molecule has 2 aromatic carbocycles. The fraction of sp³-hybridized carbons (Fsp3) is 0.458. The molecule has 0 saturated carbocycles. The Kier molecular flexibility index (Phi) is 8.96. The SMILES string of the molecule is COc1ccc(S(=O)(=O)N(CC(=O)NCCCN2CCCCC2)c2ccccc2OC)cc1. The Morgan fingerprint density at radius 3 is 2.36 bits per heavy atom. The van der Waals surface area contributed by atoms with Crippen LogP contribution in [0.25, 0.3) is 0 Å². The van der Waals surface area contributed by atoms with Gasteiger partial charge in [0.2, 0.25) is 5.91 Å². The molecule has 0 unspecified atom stereocenters. The Morgan fingerprint density at radius 1 is 1.00 bits per heavy atom. The molecule has 9 heteroatoms. The molecule has 1 saturated heterocycles. The van der Waals surface area contributed by atoms with E-state index >= 15 is 0 Å². The van der Waals surface area contributed by atoms with E-state index in [4.69, 9.17) is 9.47 Å². The van der Waals surface area contributed by atoms with Crippen LogP contribution in [0, 0.1) is 0 Å². The van der Waals surface area contributed by atoms with Crippen LogP contribution in [-0.4, -0.2) is 66.2 Å². The largest absolute Gasteiger partial charge is 0.497 e. The number of nitrogens with one attached hydrogen (secondary N) is 1. The summed E-state index contributed by atoms with van der Waals surface area (Å²) >= 11 is 0. The fourth-order valence-electron chi connectivity index (χ4n) is 3.91. The number of methoxy groups -OCH3 is 2. The number of carbonyl (C=O) groups excluding carboxylic acids is 1. The molecule has 1 heterocycles. The third-order valence-corrected chi connectivity index (χ3v) is 7.48. The summed E-state index contributed by atoms with van der Waals surface area (Å²) < 4.78 is 38.6. The number of likely N-dealkylation sites (tertiary alicyclic amines) is 1. The van der Waals surface area contributed by atoms with Crippen molar-refractivity contribution in [3.8, 4) is 11.5 Å². The van der Waals surface area contributed by atoms with E-state index in [9.17, 15) is 13.2 Å². The number of sulfonamides is 1. The fourth-order valence-corrected chi connectivity index (χ4v) is 5.34. The van der Waals surface area contributed by atoms with Crippen LogP contribution in [-0.2, 0) is 14.8 Å². The molecule has 180 valence electrons. The number of hydrogen-bond acceptors (Lipinski definition) is 6. The number of para-hydroxylation sites is 2. The van der Waals surface area contributed by atoms with Gasteiger partial charge >= 0.3 is 0 Å². The van der Waals surface area contributed by atoms with E-state index in [1.165, 1.54) is 45.6 Å². The highest BCUT2D eigenvalue weighted by molar-refractivity contribution is 7.92. The second-order valence-electron chi connectivity index (χ2n) is 7.96. The number of amides is 1. The molecule has 3 rings (SSSR count). The van der Waals surface area contributed by atoms with Crippen LogP contribution in [0.4, 0.5) is 5.69 Å². The zero-order chi connectivity index (χ0) is 23.7. The van der Waals surface area contributed by atoms with Gasteiger partial charge in [-0.1, -0.05) is 18.6 Å². The third-order valence-electron chi connectivity index (χ3n) is 5.71. The summed E-state index contributed by atoms with van der Waals surface area (Å²) in [6.45, 7) is 3.29.